The van der Waals surface area contributed by atoms with Gasteiger partial charge < -0.3 is 10.1 Å². The van der Waals surface area contributed by atoms with E-state index < -0.39 is 28.7 Å². The molecule has 0 spiro atoms. The summed E-state index contributed by atoms with van der Waals surface area (Å²) < 4.78 is 38.5. The summed E-state index contributed by atoms with van der Waals surface area (Å²) in [5.41, 5.74) is -0.159. The first-order valence-corrected chi connectivity index (χ1v) is 14.0. The average molecular weight is 609 g/mol. The SMILES string of the molecule is CC(C)n1cc(C(=O)Cc2ccc(Oc3cc(Nc4ccccn4)cn4nccc34)c(F)c2)c(=O)n(-c2ccc(F)cc2)c1=O. The molecular weight excluding hydrogens is 582 g/mol. The molecule has 0 aliphatic heterocycles. The van der Waals surface area contributed by atoms with Crippen LogP contribution in [0.4, 0.5) is 20.3 Å². The lowest BCUT2D eigenvalue weighted by Gasteiger charge is -2.15. The van der Waals surface area contributed by atoms with E-state index in [4.69, 9.17) is 4.74 Å². The predicted molar refractivity (Wildman–Crippen MR) is 164 cm³/mol. The Morgan fingerprint density at radius 1 is 0.933 bits per heavy atom. The predicted octanol–water partition coefficient (Wildman–Crippen LogP) is 5.86. The quantitative estimate of drug-likeness (QED) is 0.205. The first-order chi connectivity index (χ1) is 21.7. The Labute approximate surface area is 254 Å². The Morgan fingerprint density at radius 2 is 1.73 bits per heavy atom. The van der Waals surface area contributed by atoms with E-state index in [0.717, 1.165) is 22.8 Å². The highest BCUT2D eigenvalue weighted by atomic mass is 19.1. The maximum Gasteiger partial charge on any atom is 0.335 e. The number of rotatable bonds is 9. The molecule has 0 saturated carbocycles. The van der Waals surface area contributed by atoms with Crippen molar-refractivity contribution in [2.24, 2.45) is 0 Å². The Morgan fingerprint density at radius 3 is 2.44 bits per heavy atom. The van der Waals surface area contributed by atoms with Crippen LogP contribution in [-0.2, 0) is 6.42 Å². The molecule has 45 heavy (non-hydrogen) atoms. The van der Waals surface area contributed by atoms with Crippen molar-refractivity contribution in [3.8, 4) is 17.2 Å². The number of benzene rings is 2. The van der Waals surface area contributed by atoms with E-state index in [-0.39, 0.29) is 29.5 Å². The average Bonchev–Trinajstić information content (AvgIpc) is 3.49. The molecule has 0 unspecified atom stereocenters. The monoisotopic (exact) mass is 608 g/mol. The van der Waals surface area contributed by atoms with Crippen LogP contribution in [0, 0.1) is 11.6 Å². The lowest BCUT2D eigenvalue weighted by molar-refractivity contribution is 0.0990. The number of hydrogen-bond acceptors (Lipinski definition) is 7. The number of ether oxygens (including phenoxy) is 1. The molecule has 2 aromatic carbocycles. The summed E-state index contributed by atoms with van der Waals surface area (Å²) in [5.74, 6) is -1.04. The molecule has 0 fully saturated rings. The number of anilines is 2. The molecule has 6 aromatic rings. The van der Waals surface area contributed by atoms with Crippen LogP contribution >= 0.6 is 0 Å². The zero-order chi connectivity index (χ0) is 31.7. The number of Topliss-reactive ketones (excluding diaryl/α,β-unsaturated/α-hetero) is 1. The molecule has 4 heterocycles. The number of ketones is 1. The van der Waals surface area contributed by atoms with Crippen molar-refractivity contribution in [1.29, 1.82) is 0 Å². The van der Waals surface area contributed by atoms with Gasteiger partial charge in [-0.15, -0.1) is 0 Å². The number of nitrogens with one attached hydrogen (secondary N) is 1. The van der Waals surface area contributed by atoms with Crippen molar-refractivity contribution in [3.05, 3.63) is 141 Å². The minimum atomic E-state index is -0.849. The van der Waals surface area contributed by atoms with Crippen molar-refractivity contribution < 1.29 is 18.3 Å². The van der Waals surface area contributed by atoms with Crippen LogP contribution in [0.25, 0.3) is 11.2 Å². The van der Waals surface area contributed by atoms with E-state index in [1.807, 2.05) is 6.07 Å². The number of aromatic nitrogens is 5. The highest BCUT2D eigenvalue weighted by Gasteiger charge is 2.21. The van der Waals surface area contributed by atoms with Crippen LogP contribution in [0.5, 0.6) is 11.5 Å². The van der Waals surface area contributed by atoms with Crippen molar-refractivity contribution in [2.45, 2.75) is 26.3 Å². The molecular formula is C33H26F2N6O4. The second-order valence-electron chi connectivity index (χ2n) is 10.5. The fourth-order valence-electron chi connectivity index (χ4n) is 4.82. The Bertz CT molecular complexity index is 2160. The van der Waals surface area contributed by atoms with Gasteiger partial charge in [0.05, 0.1) is 23.8 Å². The molecule has 6 rings (SSSR count). The summed E-state index contributed by atoms with van der Waals surface area (Å²) in [4.78, 5) is 44.1. The largest absolute Gasteiger partial charge is 0.452 e. The zero-order valence-corrected chi connectivity index (χ0v) is 24.1. The lowest BCUT2D eigenvalue weighted by Crippen LogP contribution is -2.42. The van der Waals surface area contributed by atoms with Gasteiger partial charge in [-0.25, -0.2) is 27.6 Å². The third-order valence-corrected chi connectivity index (χ3v) is 7.04. The van der Waals surface area contributed by atoms with Gasteiger partial charge in [-0.2, -0.15) is 5.10 Å². The minimum absolute atomic E-state index is 0.0868. The second-order valence-corrected chi connectivity index (χ2v) is 10.5. The summed E-state index contributed by atoms with van der Waals surface area (Å²) in [6, 6.07) is 17.3. The molecule has 0 aliphatic rings. The summed E-state index contributed by atoms with van der Waals surface area (Å²) in [6.45, 7) is 3.46. The number of fused-ring (bicyclic) bond motifs is 1. The third kappa shape index (κ3) is 5.98. The van der Waals surface area contributed by atoms with Gasteiger partial charge in [-0.05, 0) is 74.0 Å². The van der Waals surface area contributed by atoms with Crippen LogP contribution in [0.2, 0.25) is 0 Å². The molecule has 10 nitrogen and oxygen atoms in total. The van der Waals surface area contributed by atoms with Crippen LogP contribution < -0.4 is 21.3 Å². The van der Waals surface area contributed by atoms with Gasteiger partial charge in [0.25, 0.3) is 5.56 Å². The van der Waals surface area contributed by atoms with Crippen LogP contribution in [0.1, 0.15) is 35.8 Å². The highest BCUT2D eigenvalue weighted by molar-refractivity contribution is 5.97. The zero-order valence-electron chi connectivity index (χ0n) is 24.1. The highest BCUT2D eigenvalue weighted by Crippen LogP contribution is 2.32. The van der Waals surface area contributed by atoms with Crippen molar-refractivity contribution >= 4 is 22.8 Å². The molecule has 4 aromatic heterocycles. The Balaban J connectivity index is 1.28. The molecule has 0 aliphatic carbocycles. The van der Waals surface area contributed by atoms with Crippen molar-refractivity contribution in [3.63, 3.8) is 0 Å². The van der Waals surface area contributed by atoms with Crippen LogP contribution in [0.3, 0.4) is 0 Å². The molecule has 0 amide bonds. The first-order valence-electron chi connectivity index (χ1n) is 14.0. The maximum absolute atomic E-state index is 15.4. The summed E-state index contributed by atoms with van der Waals surface area (Å²) in [5, 5.41) is 7.42. The maximum atomic E-state index is 15.4. The van der Waals surface area contributed by atoms with Gasteiger partial charge in [0.15, 0.2) is 23.1 Å². The normalized spacial score (nSPS) is 11.2. The number of pyridine rings is 2. The molecule has 0 saturated heterocycles. The number of halogens is 2. The fraction of sp³-hybridized carbons (Fsp3) is 0.121. The number of carbonyl (C=O) groups excluding carboxylic acids is 1. The number of nitrogens with zero attached hydrogens (tertiary/aromatic N) is 5. The standard InChI is InChI=1S/C33H26F2N6O4/c1-20(2)39-19-25(32(43)41(33(39)44)24-9-7-22(34)8-10-24)28(42)16-21-6-11-29(26(35)15-21)45-30-17-23(18-40-27(30)12-14-37-40)38-31-5-3-4-13-36-31/h3-15,17-20H,16H2,1-2H3,(H,36,38). The minimum Gasteiger partial charge on any atom is -0.452 e. The molecule has 12 heteroatoms. The van der Waals surface area contributed by atoms with E-state index in [2.05, 4.69) is 15.4 Å². The van der Waals surface area contributed by atoms with Crippen molar-refractivity contribution in [1.82, 2.24) is 23.7 Å². The van der Waals surface area contributed by atoms with Gasteiger partial charge in [-0.3, -0.25) is 14.2 Å². The number of hydrogen-bond donors (Lipinski definition) is 1. The summed E-state index contributed by atoms with van der Waals surface area (Å²) in [6.07, 6.45) is 5.88. The summed E-state index contributed by atoms with van der Waals surface area (Å²) >= 11 is 0. The summed E-state index contributed by atoms with van der Waals surface area (Å²) in [7, 11) is 0. The van der Waals surface area contributed by atoms with Gasteiger partial charge in [-0.1, -0.05) is 12.1 Å². The van der Waals surface area contributed by atoms with Crippen LogP contribution in [0.15, 0.2) is 107 Å². The lowest BCUT2D eigenvalue weighted by atomic mass is 10.0. The van der Waals surface area contributed by atoms with E-state index >= 15 is 4.39 Å². The van der Waals surface area contributed by atoms with Crippen LogP contribution in [-0.4, -0.2) is 29.5 Å². The molecule has 1 N–H and O–H groups in total. The fourth-order valence-corrected chi connectivity index (χ4v) is 4.82. The Hall–Kier alpha value is -5.91. The van der Waals surface area contributed by atoms with Crippen molar-refractivity contribution in [2.75, 3.05) is 5.32 Å². The molecule has 0 atom stereocenters. The van der Waals surface area contributed by atoms with Gasteiger partial charge >= 0.3 is 5.69 Å². The third-order valence-electron chi connectivity index (χ3n) is 7.04. The van der Waals surface area contributed by atoms with E-state index in [1.54, 1.807) is 61.2 Å². The van der Waals surface area contributed by atoms with E-state index in [9.17, 15) is 18.8 Å². The smallest absolute Gasteiger partial charge is 0.335 e. The molecule has 0 bridgehead atoms. The first kappa shape index (κ1) is 29.2. The van der Waals surface area contributed by atoms with E-state index in [0.29, 0.717) is 28.3 Å². The number of carbonyl (C=O) groups is 1. The molecule has 0 radical (unpaired) electrons. The van der Waals surface area contributed by atoms with Gasteiger partial charge in [0, 0.05) is 30.9 Å². The van der Waals surface area contributed by atoms with E-state index in [1.165, 1.54) is 35.0 Å². The molecule has 226 valence electrons. The topological polar surface area (TPSA) is 113 Å². The Kier molecular flexibility index (Phi) is 7.78. The second kappa shape index (κ2) is 12.0. The van der Waals surface area contributed by atoms with Gasteiger partial charge in [0.1, 0.15) is 22.7 Å². The van der Waals surface area contributed by atoms with Gasteiger partial charge in [0.2, 0.25) is 0 Å².